The topological polar surface area (TPSA) is 32.3 Å². The highest BCUT2D eigenvalue weighted by atomic mass is 19.1. The highest BCUT2D eigenvalue weighted by Gasteiger charge is 2.07. The maximum Gasteiger partial charge on any atom is 0.123 e. The summed E-state index contributed by atoms with van der Waals surface area (Å²) in [6.45, 7) is 0.231. The number of rotatable bonds is 4. The van der Waals surface area contributed by atoms with Crippen molar-refractivity contribution in [3.05, 3.63) is 65.7 Å². The summed E-state index contributed by atoms with van der Waals surface area (Å²) >= 11 is 0. The first-order valence-corrected chi connectivity index (χ1v) is 5.58. The fourth-order valence-electron chi connectivity index (χ4n) is 1.61. The quantitative estimate of drug-likeness (QED) is 0.872. The van der Waals surface area contributed by atoms with Crippen molar-refractivity contribution in [3.63, 3.8) is 0 Å². The summed E-state index contributed by atoms with van der Waals surface area (Å²) in [5.41, 5.74) is 1.21. The highest BCUT2D eigenvalue weighted by Crippen LogP contribution is 2.15. The summed E-state index contributed by atoms with van der Waals surface area (Å²) in [7, 11) is 0. The van der Waals surface area contributed by atoms with Crippen molar-refractivity contribution >= 4 is 5.69 Å². The van der Waals surface area contributed by atoms with E-state index in [1.165, 1.54) is 24.3 Å². The fourth-order valence-corrected chi connectivity index (χ4v) is 1.61. The summed E-state index contributed by atoms with van der Waals surface area (Å²) in [4.78, 5) is 0. The molecule has 0 aliphatic carbocycles. The normalized spacial score (nSPS) is 12.2. The molecule has 0 aromatic heterocycles. The Labute approximate surface area is 104 Å². The van der Waals surface area contributed by atoms with Crippen molar-refractivity contribution in [2.24, 2.45) is 0 Å². The van der Waals surface area contributed by atoms with Gasteiger partial charge in [-0.2, -0.15) is 0 Å². The first-order chi connectivity index (χ1) is 8.65. The Morgan fingerprint density at radius 2 is 1.72 bits per heavy atom. The van der Waals surface area contributed by atoms with Gasteiger partial charge in [-0.15, -0.1) is 0 Å². The lowest BCUT2D eigenvalue weighted by Crippen LogP contribution is -2.12. The SMILES string of the molecule is OC(CNc1ccc(F)cc1)c1cccc(F)c1. The van der Waals surface area contributed by atoms with Crippen molar-refractivity contribution in [2.75, 3.05) is 11.9 Å². The van der Waals surface area contributed by atoms with Crippen LogP contribution in [0.1, 0.15) is 11.7 Å². The van der Waals surface area contributed by atoms with Crippen LogP contribution >= 0.6 is 0 Å². The molecule has 94 valence electrons. The number of hydrogen-bond donors (Lipinski definition) is 2. The molecule has 1 unspecified atom stereocenters. The van der Waals surface area contributed by atoms with Crippen molar-refractivity contribution in [1.29, 1.82) is 0 Å². The second-order valence-electron chi connectivity index (χ2n) is 3.96. The molecule has 0 spiro atoms. The maximum absolute atomic E-state index is 13.0. The minimum Gasteiger partial charge on any atom is -0.387 e. The second kappa shape index (κ2) is 5.60. The lowest BCUT2D eigenvalue weighted by molar-refractivity contribution is 0.191. The smallest absolute Gasteiger partial charge is 0.123 e. The van der Waals surface area contributed by atoms with E-state index in [-0.39, 0.29) is 18.2 Å². The van der Waals surface area contributed by atoms with E-state index in [1.807, 2.05) is 0 Å². The molecule has 0 radical (unpaired) electrons. The number of hydrogen-bond acceptors (Lipinski definition) is 2. The van der Waals surface area contributed by atoms with Crippen molar-refractivity contribution in [2.45, 2.75) is 6.10 Å². The third-order valence-electron chi connectivity index (χ3n) is 2.58. The van der Waals surface area contributed by atoms with Gasteiger partial charge in [0.15, 0.2) is 0 Å². The predicted octanol–water partition coefficient (Wildman–Crippen LogP) is 3.11. The maximum atomic E-state index is 13.0. The first kappa shape index (κ1) is 12.5. The molecule has 0 aliphatic rings. The average Bonchev–Trinajstić information content (AvgIpc) is 2.38. The van der Waals surface area contributed by atoms with E-state index in [2.05, 4.69) is 5.32 Å². The third kappa shape index (κ3) is 3.28. The molecule has 2 rings (SSSR count). The molecule has 1 atom stereocenters. The van der Waals surface area contributed by atoms with Gasteiger partial charge in [0.1, 0.15) is 11.6 Å². The van der Waals surface area contributed by atoms with E-state index >= 15 is 0 Å². The standard InChI is InChI=1S/C14H13F2NO/c15-11-4-6-13(7-5-11)17-9-14(18)10-2-1-3-12(16)8-10/h1-8,14,17-18H,9H2. The minimum atomic E-state index is -0.814. The van der Waals surface area contributed by atoms with Gasteiger partial charge >= 0.3 is 0 Å². The second-order valence-corrected chi connectivity index (χ2v) is 3.96. The molecule has 0 amide bonds. The zero-order valence-corrected chi connectivity index (χ0v) is 9.61. The fraction of sp³-hybridized carbons (Fsp3) is 0.143. The first-order valence-electron chi connectivity index (χ1n) is 5.58. The Bertz CT molecular complexity index is 513. The number of aliphatic hydroxyl groups is 1. The van der Waals surface area contributed by atoms with Gasteiger partial charge in [-0.1, -0.05) is 12.1 Å². The molecular weight excluding hydrogens is 236 g/mol. The molecule has 0 fully saturated rings. The number of halogens is 2. The van der Waals surface area contributed by atoms with E-state index in [4.69, 9.17) is 0 Å². The van der Waals surface area contributed by atoms with Crippen LogP contribution in [0.2, 0.25) is 0 Å². The molecule has 0 bridgehead atoms. The van der Waals surface area contributed by atoms with Crippen LogP contribution in [0.5, 0.6) is 0 Å². The molecule has 2 nitrogen and oxygen atoms in total. The number of benzene rings is 2. The van der Waals surface area contributed by atoms with Gasteiger partial charge in [0.2, 0.25) is 0 Å². The molecule has 2 N–H and O–H groups in total. The molecule has 18 heavy (non-hydrogen) atoms. The molecule has 0 aliphatic heterocycles. The van der Waals surface area contributed by atoms with Gasteiger partial charge in [-0.05, 0) is 42.0 Å². The van der Waals surface area contributed by atoms with E-state index in [0.717, 1.165) is 0 Å². The third-order valence-corrected chi connectivity index (χ3v) is 2.58. The van der Waals surface area contributed by atoms with Crippen LogP contribution in [0, 0.1) is 11.6 Å². The van der Waals surface area contributed by atoms with E-state index in [1.54, 1.807) is 24.3 Å². The molecule has 2 aromatic carbocycles. The van der Waals surface area contributed by atoms with Gasteiger partial charge < -0.3 is 10.4 Å². The van der Waals surface area contributed by atoms with Crippen LogP contribution in [0.25, 0.3) is 0 Å². The lowest BCUT2D eigenvalue weighted by Gasteiger charge is -2.13. The largest absolute Gasteiger partial charge is 0.387 e. The number of anilines is 1. The Morgan fingerprint density at radius 1 is 1.00 bits per heavy atom. The molecule has 4 heteroatoms. The molecule has 0 saturated carbocycles. The molecule has 2 aromatic rings. The Balaban J connectivity index is 1.96. The van der Waals surface area contributed by atoms with Crippen LogP contribution in [0.3, 0.4) is 0 Å². The molecule has 0 saturated heterocycles. The molecule has 0 heterocycles. The Hall–Kier alpha value is -1.94. The number of nitrogens with one attached hydrogen (secondary N) is 1. The highest BCUT2D eigenvalue weighted by molar-refractivity contribution is 5.43. The monoisotopic (exact) mass is 249 g/mol. The number of aliphatic hydroxyl groups excluding tert-OH is 1. The summed E-state index contributed by atoms with van der Waals surface area (Å²) in [5.74, 6) is -0.695. The minimum absolute atomic E-state index is 0.231. The van der Waals surface area contributed by atoms with Gasteiger partial charge in [0, 0.05) is 12.2 Å². The predicted molar refractivity (Wildman–Crippen MR) is 66.2 cm³/mol. The van der Waals surface area contributed by atoms with Crippen molar-refractivity contribution < 1.29 is 13.9 Å². The molecular formula is C14H13F2NO. The lowest BCUT2D eigenvalue weighted by atomic mass is 10.1. The van der Waals surface area contributed by atoms with Gasteiger partial charge in [0.05, 0.1) is 6.10 Å². The summed E-state index contributed by atoms with van der Waals surface area (Å²) < 4.78 is 25.6. The van der Waals surface area contributed by atoms with Crippen molar-refractivity contribution in [1.82, 2.24) is 0 Å². The van der Waals surface area contributed by atoms with Crippen LogP contribution in [-0.2, 0) is 0 Å². The summed E-state index contributed by atoms with van der Waals surface area (Å²) in [6.07, 6.45) is -0.814. The summed E-state index contributed by atoms with van der Waals surface area (Å²) in [6, 6.07) is 11.6. The van der Waals surface area contributed by atoms with Crippen LogP contribution in [0.15, 0.2) is 48.5 Å². The Morgan fingerprint density at radius 3 is 2.39 bits per heavy atom. The summed E-state index contributed by atoms with van der Waals surface area (Å²) in [5, 5.41) is 12.8. The average molecular weight is 249 g/mol. The van der Waals surface area contributed by atoms with Crippen LogP contribution in [0.4, 0.5) is 14.5 Å². The zero-order chi connectivity index (χ0) is 13.0. The van der Waals surface area contributed by atoms with Gasteiger partial charge in [-0.25, -0.2) is 8.78 Å². The Kier molecular flexibility index (Phi) is 3.89. The van der Waals surface area contributed by atoms with E-state index in [0.29, 0.717) is 11.3 Å². The van der Waals surface area contributed by atoms with Crippen LogP contribution < -0.4 is 5.32 Å². The van der Waals surface area contributed by atoms with E-state index < -0.39 is 6.10 Å². The van der Waals surface area contributed by atoms with E-state index in [9.17, 15) is 13.9 Å². The van der Waals surface area contributed by atoms with Gasteiger partial charge in [0.25, 0.3) is 0 Å². The van der Waals surface area contributed by atoms with Crippen LogP contribution in [-0.4, -0.2) is 11.7 Å². The van der Waals surface area contributed by atoms with Crippen molar-refractivity contribution in [3.8, 4) is 0 Å². The zero-order valence-electron chi connectivity index (χ0n) is 9.61. The van der Waals surface area contributed by atoms with Gasteiger partial charge in [-0.3, -0.25) is 0 Å².